The predicted molar refractivity (Wildman–Crippen MR) is 68.2 cm³/mol. The molecule has 1 atom stereocenters. The maximum atomic E-state index is 9.00. The summed E-state index contributed by atoms with van der Waals surface area (Å²) in [6.45, 7) is 7.08. The van der Waals surface area contributed by atoms with E-state index in [4.69, 9.17) is 9.84 Å². The van der Waals surface area contributed by atoms with Crippen LogP contribution in [-0.2, 0) is 13.0 Å². The number of aliphatic hydroxyl groups is 1. The smallest absolute Gasteiger partial charge is 0.127 e. The van der Waals surface area contributed by atoms with Crippen molar-refractivity contribution < 1.29 is 9.84 Å². The van der Waals surface area contributed by atoms with Gasteiger partial charge in [0, 0.05) is 24.6 Å². The van der Waals surface area contributed by atoms with Crippen molar-refractivity contribution in [3.63, 3.8) is 0 Å². The maximum absolute atomic E-state index is 9.00. The SMILES string of the molecule is CC(CO)NCc1cccc2c1OC(C)(C)C2. The molecular weight excluding hydrogens is 214 g/mol. The summed E-state index contributed by atoms with van der Waals surface area (Å²) in [7, 11) is 0. The number of fused-ring (bicyclic) bond motifs is 1. The highest BCUT2D eigenvalue weighted by atomic mass is 16.5. The van der Waals surface area contributed by atoms with Gasteiger partial charge in [0.15, 0.2) is 0 Å². The van der Waals surface area contributed by atoms with Crippen LogP contribution < -0.4 is 10.1 Å². The first kappa shape index (κ1) is 12.4. The summed E-state index contributed by atoms with van der Waals surface area (Å²) in [5, 5.41) is 12.3. The van der Waals surface area contributed by atoms with Gasteiger partial charge < -0.3 is 15.2 Å². The summed E-state index contributed by atoms with van der Waals surface area (Å²) in [6.07, 6.45) is 0.964. The van der Waals surface area contributed by atoms with Gasteiger partial charge in [-0.3, -0.25) is 0 Å². The first-order chi connectivity index (χ1) is 8.02. The Morgan fingerprint density at radius 2 is 2.24 bits per heavy atom. The fourth-order valence-corrected chi connectivity index (χ4v) is 2.17. The highest BCUT2D eigenvalue weighted by Crippen LogP contribution is 2.37. The van der Waals surface area contributed by atoms with Gasteiger partial charge in [-0.05, 0) is 26.3 Å². The normalized spacial score (nSPS) is 18.6. The predicted octanol–water partition coefficient (Wildman–Crippen LogP) is 1.87. The second kappa shape index (κ2) is 4.67. The van der Waals surface area contributed by atoms with E-state index in [-0.39, 0.29) is 18.2 Å². The molecule has 1 aliphatic rings. The van der Waals surface area contributed by atoms with Crippen LogP contribution in [0.1, 0.15) is 31.9 Å². The van der Waals surface area contributed by atoms with Gasteiger partial charge >= 0.3 is 0 Å². The number of nitrogens with one attached hydrogen (secondary N) is 1. The molecule has 0 amide bonds. The van der Waals surface area contributed by atoms with E-state index < -0.39 is 0 Å². The minimum Gasteiger partial charge on any atom is -0.487 e. The Labute approximate surface area is 103 Å². The summed E-state index contributed by atoms with van der Waals surface area (Å²) >= 11 is 0. The lowest BCUT2D eigenvalue weighted by Crippen LogP contribution is -2.29. The molecule has 94 valence electrons. The average molecular weight is 235 g/mol. The van der Waals surface area contributed by atoms with Crippen LogP contribution in [0.25, 0.3) is 0 Å². The first-order valence-electron chi connectivity index (χ1n) is 6.16. The Morgan fingerprint density at radius 3 is 2.94 bits per heavy atom. The minimum absolute atomic E-state index is 0.0962. The van der Waals surface area contributed by atoms with Crippen molar-refractivity contribution in [3.05, 3.63) is 29.3 Å². The van der Waals surface area contributed by atoms with Crippen LogP contribution in [0, 0.1) is 0 Å². The molecule has 17 heavy (non-hydrogen) atoms. The molecule has 1 aromatic carbocycles. The van der Waals surface area contributed by atoms with Crippen molar-refractivity contribution in [1.29, 1.82) is 0 Å². The zero-order chi connectivity index (χ0) is 12.5. The quantitative estimate of drug-likeness (QED) is 0.837. The third-order valence-corrected chi connectivity index (χ3v) is 3.09. The van der Waals surface area contributed by atoms with Crippen molar-refractivity contribution in [1.82, 2.24) is 5.32 Å². The van der Waals surface area contributed by atoms with Crippen LogP contribution in [0.4, 0.5) is 0 Å². The third kappa shape index (κ3) is 2.79. The molecule has 1 unspecified atom stereocenters. The summed E-state index contributed by atoms with van der Waals surface area (Å²) in [6, 6.07) is 6.39. The third-order valence-electron chi connectivity index (χ3n) is 3.09. The van der Waals surface area contributed by atoms with Crippen molar-refractivity contribution in [2.45, 2.75) is 45.4 Å². The van der Waals surface area contributed by atoms with Crippen molar-refractivity contribution in [2.24, 2.45) is 0 Å². The number of benzene rings is 1. The van der Waals surface area contributed by atoms with E-state index in [1.165, 1.54) is 11.1 Å². The van der Waals surface area contributed by atoms with Crippen LogP contribution >= 0.6 is 0 Å². The fraction of sp³-hybridized carbons (Fsp3) is 0.571. The number of rotatable bonds is 4. The molecule has 3 nitrogen and oxygen atoms in total. The van der Waals surface area contributed by atoms with Crippen LogP contribution in [0.15, 0.2) is 18.2 Å². The Kier molecular flexibility index (Phi) is 3.40. The molecule has 2 rings (SSSR count). The molecule has 0 fully saturated rings. The van der Waals surface area contributed by atoms with Gasteiger partial charge in [-0.25, -0.2) is 0 Å². The highest BCUT2D eigenvalue weighted by molar-refractivity contribution is 5.45. The summed E-state index contributed by atoms with van der Waals surface area (Å²) < 4.78 is 5.99. The minimum atomic E-state index is -0.0962. The van der Waals surface area contributed by atoms with Gasteiger partial charge in [-0.2, -0.15) is 0 Å². The summed E-state index contributed by atoms with van der Waals surface area (Å²) in [5.41, 5.74) is 2.36. The van der Waals surface area contributed by atoms with E-state index >= 15 is 0 Å². The molecular formula is C14H21NO2. The molecule has 0 radical (unpaired) electrons. The van der Waals surface area contributed by atoms with Gasteiger partial charge in [0.2, 0.25) is 0 Å². The Morgan fingerprint density at radius 1 is 1.47 bits per heavy atom. The zero-order valence-corrected chi connectivity index (χ0v) is 10.8. The Bertz CT molecular complexity index is 401. The number of para-hydroxylation sites is 1. The number of hydrogen-bond donors (Lipinski definition) is 2. The largest absolute Gasteiger partial charge is 0.487 e. The average Bonchev–Trinajstić information content (AvgIpc) is 2.60. The first-order valence-corrected chi connectivity index (χ1v) is 6.16. The molecule has 0 bridgehead atoms. The lowest BCUT2D eigenvalue weighted by molar-refractivity contribution is 0.137. The summed E-state index contributed by atoms with van der Waals surface area (Å²) in [5.74, 6) is 1.02. The second-order valence-electron chi connectivity index (χ2n) is 5.41. The topological polar surface area (TPSA) is 41.5 Å². The number of hydrogen-bond acceptors (Lipinski definition) is 3. The molecule has 1 aromatic rings. The lowest BCUT2D eigenvalue weighted by atomic mass is 10.0. The molecule has 3 heteroatoms. The monoisotopic (exact) mass is 235 g/mol. The van der Waals surface area contributed by atoms with E-state index in [1.807, 2.05) is 6.92 Å². The zero-order valence-electron chi connectivity index (χ0n) is 10.8. The van der Waals surface area contributed by atoms with Crippen LogP contribution in [0.5, 0.6) is 5.75 Å². The molecule has 0 saturated heterocycles. The second-order valence-corrected chi connectivity index (χ2v) is 5.41. The molecule has 1 aliphatic heterocycles. The van der Waals surface area contributed by atoms with Gasteiger partial charge in [-0.15, -0.1) is 0 Å². The molecule has 0 spiro atoms. The number of aliphatic hydroxyl groups excluding tert-OH is 1. The van der Waals surface area contributed by atoms with Crippen LogP contribution in [0.2, 0.25) is 0 Å². The van der Waals surface area contributed by atoms with Gasteiger partial charge in [0.25, 0.3) is 0 Å². The van der Waals surface area contributed by atoms with Crippen LogP contribution in [0.3, 0.4) is 0 Å². The van der Waals surface area contributed by atoms with E-state index in [0.717, 1.165) is 18.7 Å². The number of ether oxygens (including phenoxy) is 1. The molecule has 0 aromatic heterocycles. The van der Waals surface area contributed by atoms with Crippen molar-refractivity contribution >= 4 is 0 Å². The van der Waals surface area contributed by atoms with Crippen molar-refractivity contribution in [2.75, 3.05) is 6.61 Å². The molecule has 0 saturated carbocycles. The van der Waals surface area contributed by atoms with E-state index in [0.29, 0.717) is 0 Å². The van der Waals surface area contributed by atoms with E-state index in [2.05, 4.69) is 37.4 Å². The van der Waals surface area contributed by atoms with Gasteiger partial charge in [0.1, 0.15) is 11.4 Å². The van der Waals surface area contributed by atoms with E-state index in [9.17, 15) is 0 Å². The van der Waals surface area contributed by atoms with Crippen molar-refractivity contribution in [3.8, 4) is 5.75 Å². The summed E-state index contributed by atoms with van der Waals surface area (Å²) in [4.78, 5) is 0. The maximum Gasteiger partial charge on any atom is 0.127 e. The highest BCUT2D eigenvalue weighted by Gasteiger charge is 2.31. The Balaban J connectivity index is 2.13. The van der Waals surface area contributed by atoms with Crippen LogP contribution in [-0.4, -0.2) is 23.4 Å². The standard InChI is InChI=1S/C14H21NO2/c1-10(9-16)15-8-12-6-4-5-11-7-14(2,3)17-13(11)12/h4-6,10,15-16H,7-9H2,1-3H3. The fourth-order valence-electron chi connectivity index (χ4n) is 2.17. The molecule has 0 aliphatic carbocycles. The molecule has 1 heterocycles. The van der Waals surface area contributed by atoms with E-state index in [1.54, 1.807) is 0 Å². The molecule has 2 N–H and O–H groups in total. The van der Waals surface area contributed by atoms with Gasteiger partial charge in [-0.1, -0.05) is 18.2 Å². The lowest BCUT2D eigenvalue weighted by Gasteiger charge is -2.19. The van der Waals surface area contributed by atoms with Gasteiger partial charge in [0.05, 0.1) is 6.61 Å². The Hall–Kier alpha value is -1.06.